The van der Waals surface area contributed by atoms with Crippen molar-refractivity contribution in [2.75, 3.05) is 26.2 Å². The summed E-state index contributed by atoms with van der Waals surface area (Å²) in [6.45, 7) is 6.40. The predicted molar refractivity (Wildman–Crippen MR) is 156 cm³/mol. The van der Waals surface area contributed by atoms with Crippen molar-refractivity contribution >= 4 is 5.97 Å². The van der Waals surface area contributed by atoms with Crippen LogP contribution in [0.4, 0.5) is 0 Å². The summed E-state index contributed by atoms with van der Waals surface area (Å²) in [5.74, 6) is -0.217. The number of aliphatic hydroxyl groups excluding tert-OH is 3. The van der Waals surface area contributed by atoms with Crippen LogP contribution < -0.4 is 0 Å². The van der Waals surface area contributed by atoms with Gasteiger partial charge in [-0.2, -0.15) is 0 Å². The van der Waals surface area contributed by atoms with Crippen LogP contribution in [0.2, 0.25) is 0 Å². The highest BCUT2D eigenvalue weighted by atomic mass is 16.5. The molecular weight excluding hydrogens is 482 g/mol. The average Bonchev–Trinajstić information content (AvgIpc) is 2.88. The molecule has 0 aliphatic rings. The second-order valence-corrected chi connectivity index (χ2v) is 10.8. The number of nitrogens with zero attached hydrogens (tertiary/aromatic N) is 1. The zero-order valence-corrected chi connectivity index (χ0v) is 24.7. The molecule has 0 aromatic carbocycles. The quantitative estimate of drug-likeness (QED) is 0.0423. The van der Waals surface area contributed by atoms with Gasteiger partial charge in [0.05, 0.1) is 12.7 Å². The lowest BCUT2D eigenvalue weighted by Crippen LogP contribution is -2.35. The van der Waals surface area contributed by atoms with E-state index in [-0.39, 0.29) is 18.7 Å². The van der Waals surface area contributed by atoms with Crippen molar-refractivity contribution in [1.82, 2.24) is 4.90 Å². The SMILES string of the molecule is CCCCCCCCC(CCC)OC(=O)/C=C/CCCCCN(CCCCCCCC(O)O)CC(O)CO. The first-order valence-corrected chi connectivity index (χ1v) is 15.7. The van der Waals surface area contributed by atoms with E-state index in [1.165, 1.54) is 32.1 Å². The molecular formula is C31H61NO6. The van der Waals surface area contributed by atoms with Crippen LogP contribution in [0.5, 0.6) is 0 Å². The number of esters is 1. The van der Waals surface area contributed by atoms with E-state index in [1.807, 2.05) is 6.08 Å². The van der Waals surface area contributed by atoms with Crippen LogP contribution in [0.3, 0.4) is 0 Å². The zero-order valence-electron chi connectivity index (χ0n) is 24.7. The number of unbranched alkanes of at least 4 members (excludes halogenated alkanes) is 12. The van der Waals surface area contributed by atoms with Crippen LogP contribution in [0.1, 0.15) is 136 Å². The Hall–Kier alpha value is -0.990. The van der Waals surface area contributed by atoms with Crippen LogP contribution in [-0.4, -0.2) is 76.0 Å². The molecule has 0 spiro atoms. The molecule has 0 bridgehead atoms. The molecule has 4 N–H and O–H groups in total. The summed E-state index contributed by atoms with van der Waals surface area (Å²) in [7, 11) is 0. The summed E-state index contributed by atoms with van der Waals surface area (Å²) in [5, 5.41) is 36.9. The predicted octanol–water partition coefficient (Wildman–Crippen LogP) is 5.87. The molecule has 7 heteroatoms. The van der Waals surface area contributed by atoms with E-state index in [2.05, 4.69) is 18.7 Å². The van der Waals surface area contributed by atoms with Gasteiger partial charge in [-0.1, -0.05) is 84.1 Å². The van der Waals surface area contributed by atoms with Crippen molar-refractivity contribution in [1.29, 1.82) is 0 Å². The Morgan fingerprint density at radius 3 is 1.92 bits per heavy atom. The van der Waals surface area contributed by atoms with Gasteiger partial charge in [0.25, 0.3) is 0 Å². The van der Waals surface area contributed by atoms with Crippen LogP contribution in [0.15, 0.2) is 12.2 Å². The summed E-state index contributed by atoms with van der Waals surface area (Å²) in [4.78, 5) is 14.5. The van der Waals surface area contributed by atoms with E-state index in [1.54, 1.807) is 6.08 Å². The van der Waals surface area contributed by atoms with Gasteiger partial charge in [-0.15, -0.1) is 0 Å². The van der Waals surface area contributed by atoms with Crippen molar-refractivity contribution < 1.29 is 30.0 Å². The fourth-order valence-electron chi connectivity index (χ4n) is 4.74. The maximum Gasteiger partial charge on any atom is 0.330 e. The van der Waals surface area contributed by atoms with Gasteiger partial charge in [0.15, 0.2) is 6.29 Å². The minimum absolute atomic E-state index is 0.0389. The van der Waals surface area contributed by atoms with E-state index < -0.39 is 12.4 Å². The Morgan fingerprint density at radius 2 is 1.32 bits per heavy atom. The number of hydrogen-bond acceptors (Lipinski definition) is 7. The zero-order chi connectivity index (χ0) is 28.3. The minimum Gasteiger partial charge on any atom is -0.459 e. The van der Waals surface area contributed by atoms with Gasteiger partial charge in [0.2, 0.25) is 0 Å². The molecule has 2 unspecified atom stereocenters. The second-order valence-electron chi connectivity index (χ2n) is 10.8. The standard InChI is InChI=1S/C31H61NO6/c1-3-5-6-7-10-15-21-29(20-4-2)38-31(37)23-17-12-9-14-19-25-32(26-28(34)27-33)24-18-13-8-11-16-22-30(35)36/h17,23,28-30,33-36H,3-16,18-22,24-27H2,1-2H3/b23-17+. The van der Waals surface area contributed by atoms with Crippen molar-refractivity contribution in [3.05, 3.63) is 12.2 Å². The topological polar surface area (TPSA) is 110 Å². The fraction of sp³-hybridized carbons (Fsp3) is 0.903. The molecule has 0 aliphatic carbocycles. The third-order valence-corrected chi connectivity index (χ3v) is 6.99. The number of hydrogen-bond donors (Lipinski definition) is 4. The molecule has 0 aromatic heterocycles. The lowest BCUT2D eigenvalue weighted by molar-refractivity contribution is -0.143. The Morgan fingerprint density at radius 1 is 0.737 bits per heavy atom. The summed E-state index contributed by atoms with van der Waals surface area (Å²) in [5.41, 5.74) is 0. The number of aliphatic hydroxyl groups is 4. The maximum absolute atomic E-state index is 12.2. The first-order valence-electron chi connectivity index (χ1n) is 15.7. The molecule has 0 saturated heterocycles. The molecule has 0 fully saturated rings. The fourth-order valence-corrected chi connectivity index (χ4v) is 4.74. The van der Waals surface area contributed by atoms with Crippen molar-refractivity contribution in [2.24, 2.45) is 0 Å². The van der Waals surface area contributed by atoms with Crippen LogP contribution in [0.25, 0.3) is 0 Å². The summed E-state index contributed by atoms with van der Waals surface area (Å²) < 4.78 is 5.71. The largest absolute Gasteiger partial charge is 0.459 e. The van der Waals surface area contributed by atoms with E-state index in [0.717, 1.165) is 96.6 Å². The molecule has 7 nitrogen and oxygen atoms in total. The highest BCUT2D eigenvalue weighted by molar-refractivity contribution is 5.82. The van der Waals surface area contributed by atoms with Gasteiger partial charge in [-0.05, 0) is 70.9 Å². The highest BCUT2D eigenvalue weighted by Gasteiger charge is 2.12. The third kappa shape index (κ3) is 25.3. The number of rotatable bonds is 28. The lowest BCUT2D eigenvalue weighted by Gasteiger charge is -2.24. The van der Waals surface area contributed by atoms with Crippen LogP contribution in [0, 0.1) is 0 Å². The summed E-state index contributed by atoms with van der Waals surface area (Å²) in [6.07, 6.45) is 21.4. The average molecular weight is 544 g/mol. The number of ether oxygens (including phenoxy) is 1. The molecule has 2 atom stereocenters. The smallest absolute Gasteiger partial charge is 0.330 e. The molecule has 0 aliphatic heterocycles. The van der Waals surface area contributed by atoms with Crippen molar-refractivity contribution in [3.8, 4) is 0 Å². The molecule has 0 saturated carbocycles. The number of carbonyl (C=O) groups is 1. The Kier molecular flexibility index (Phi) is 26.9. The molecule has 0 amide bonds. The summed E-state index contributed by atoms with van der Waals surface area (Å²) in [6, 6.07) is 0. The Bertz CT molecular complexity index is 542. The Balaban J connectivity index is 4.08. The van der Waals surface area contributed by atoms with Gasteiger partial charge in [0, 0.05) is 12.6 Å². The van der Waals surface area contributed by atoms with E-state index in [4.69, 9.17) is 14.9 Å². The van der Waals surface area contributed by atoms with Gasteiger partial charge in [0.1, 0.15) is 6.10 Å². The third-order valence-electron chi connectivity index (χ3n) is 6.99. The molecule has 0 aromatic rings. The first kappa shape index (κ1) is 37.0. The molecule has 0 radical (unpaired) electrons. The van der Waals surface area contributed by atoms with E-state index >= 15 is 0 Å². The summed E-state index contributed by atoms with van der Waals surface area (Å²) >= 11 is 0. The maximum atomic E-state index is 12.2. The van der Waals surface area contributed by atoms with Gasteiger partial charge < -0.3 is 30.1 Å². The van der Waals surface area contributed by atoms with Crippen molar-refractivity contribution in [2.45, 2.75) is 154 Å². The van der Waals surface area contributed by atoms with Gasteiger partial charge in [-0.25, -0.2) is 4.79 Å². The molecule has 0 rings (SSSR count). The van der Waals surface area contributed by atoms with Gasteiger partial charge in [-0.3, -0.25) is 0 Å². The number of allylic oxidation sites excluding steroid dienone is 1. The van der Waals surface area contributed by atoms with E-state index in [9.17, 15) is 15.0 Å². The van der Waals surface area contributed by atoms with Gasteiger partial charge >= 0.3 is 5.97 Å². The number of carbonyl (C=O) groups excluding carboxylic acids is 1. The monoisotopic (exact) mass is 543 g/mol. The lowest BCUT2D eigenvalue weighted by atomic mass is 10.0. The highest BCUT2D eigenvalue weighted by Crippen LogP contribution is 2.15. The van der Waals surface area contributed by atoms with Crippen LogP contribution >= 0.6 is 0 Å². The first-order chi connectivity index (χ1) is 18.4. The normalized spacial score (nSPS) is 13.6. The minimum atomic E-state index is -1.20. The molecule has 38 heavy (non-hydrogen) atoms. The molecule has 226 valence electrons. The van der Waals surface area contributed by atoms with Crippen molar-refractivity contribution in [3.63, 3.8) is 0 Å². The van der Waals surface area contributed by atoms with Crippen LogP contribution in [-0.2, 0) is 9.53 Å². The Labute approximate surface area is 233 Å². The van der Waals surface area contributed by atoms with E-state index in [0.29, 0.717) is 13.0 Å². The molecule has 0 heterocycles. The second kappa shape index (κ2) is 27.6.